The fourth-order valence-electron chi connectivity index (χ4n) is 2.48. The van der Waals surface area contributed by atoms with E-state index in [1.807, 2.05) is 12.3 Å². The average Bonchev–Trinajstić information content (AvgIpc) is 2.36. The molecule has 0 saturated carbocycles. The van der Waals surface area contributed by atoms with Gasteiger partial charge in [0.1, 0.15) is 0 Å². The molecule has 1 aromatic heterocycles. The number of rotatable bonds is 2. The molecule has 1 unspecified atom stereocenters. The van der Waals surface area contributed by atoms with Crippen molar-refractivity contribution >= 4 is 15.9 Å². The highest BCUT2D eigenvalue weighted by Gasteiger charge is 2.17. The van der Waals surface area contributed by atoms with Crippen LogP contribution in [0.15, 0.2) is 29.0 Å². The van der Waals surface area contributed by atoms with Crippen LogP contribution in [0.2, 0.25) is 0 Å². The van der Waals surface area contributed by atoms with E-state index in [-0.39, 0.29) is 6.04 Å². The number of benzene rings is 1. The highest BCUT2D eigenvalue weighted by atomic mass is 79.9. The second-order valence-corrected chi connectivity index (χ2v) is 6.00. The van der Waals surface area contributed by atoms with Crippen LogP contribution in [0.4, 0.5) is 0 Å². The second-order valence-electron chi connectivity index (χ2n) is 5.09. The molecule has 19 heavy (non-hydrogen) atoms. The van der Waals surface area contributed by atoms with E-state index in [0.717, 1.165) is 10.0 Å². The fraction of sp³-hybridized carbons (Fsp3) is 0.312. The quantitative estimate of drug-likeness (QED) is 0.904. The molecule has 1 heterocycles. The van der Waals surface area contributed by atoms with Crippen molar-refractivity contribution in [2.45, 2.75) is 33.7 Å². The van der Waals surface area contributed by atoms with Crippen LogP contribution in [0.5, 0.6) is 0 Å². The Balaban J connectivity index is 2.59. The molecule has 0 aliphatic heterocycles. The SMILES string of the molecule is Cc1cc(C)c(C)c(C(N)c2cncc(Br)c2)c1C. The van der Waals surface area contributed by atoms with Crippen molar-refractivity contribution in [1.82, 2.24) is 4.98 Å². The summed E-state index contributed by atoms with van der Waals surface area (Å²) in [5.74, 6) is 0. The van der Waals surface area contributed by atoms with Gasteiger partial charge in [0.2, 0.25) is 0 Å². The third kappa shape index (κ3) is 2.72. The van der Waals surface area contributed by atoms with Crippen LogP contribution in [-0.4, -0.2) is 4.98 Å². The van der Waals surface area contributed by atoms with Crippen molar-refractivity contribution in [3.8, 4) is 0 Å². The smallest absolute Gasteiger partial charge is 0.0572 e. The molecule has 0 amide bonds. The van der Waals surface area contributed by atoms with Gasteiger partial charge in [-0.3, -0.25) is 4.98 Å². The molecular formula is C16H19BrN2. The van der Waals surface area contributed by atoms with Gasteiger partial charge in [-0.2, -0.15) is 0 Å². The maximum atomic E-state index is 6.46. The summed E-state index contributed by atoms with van der Waals surface area (Å²) in [5.41, 5.74) is 13.8. The molecule has 0 saturated heterocycles. The lowest BCUT2D eigenvalue weighted by atomic mass is 9.88. The van der Waals surface area contributed by atoms with E-state index in [1.54, 1.807) is 6.20 Å². The van der Waals surface area contributed by atoms with Crippen LogP contribution < -0.4 is 5.73 Å². The first-order chi connectivity index (χ1) is 8.91. The summed E-state index contributed by atoms with van der Waals surface area (Å²) in [7, 11) is 0. The Labute approximate surface area is 123 Å². The second kappa shape index (κ2) is 5.43. The number of aromatic nitrogens is 1. The van der Waals surface area contributed by atoms with Crippen LogP contribution in [0.1, 0.15) is 39.4 Å². The Morgan fingerprint density at radius 1 is 1.00 bits per heavy atom. The van der Waals surface area contributed by atoms with Crippen LogP contribution in [0, 0.1) is 27.7 Å². The van der Waals surface area contributed by atoms with E-state index < -0.39 is 0 Å². The summed E-state index contributed by atoms with van der Waals surface area (Å²) < 4.78 is 0.958. The molecule has 0 aliphatic carbocycles. The summed E-state index contributed by atoms with van der Waals surface area (Å²) in [6.45, 7) is 8.55. The first-order valence-electron chi connectivity index (χ1n) is 6.35. The molecule has 0 spiro atoms. The molecule has 100 valence electrons. The van der Waals surface area contributed by atoms with Crippen molar-refractivity contribution in [3.05, 3.63) is 62.4 Å². The third-order valence-electron chi connectivity index (χ3n) is 3.82. The number of hydrogen-bond acceptors (Lipinski definition) is 2. The van der Waals surface area contributed by atoms with Gasteiger partial charge in [-0.05, 0) is 83.1 Å². The van der Waals surface area contributed by atoms with Crippen LogP contribution in [0.3, 0.4) is 0 Å². The molecular weight excluding hydrogens is 300 g/mol. The summed E-state index contributed by atoms with van der Waals surface area (Å²) in [5, 5.41) is 0. The molecule has 2 nitrogen and oxygen atoms in total. The minimum Gasteiger partial charge on any atom is -0.320 e. The maximum absolute atomic E-state index is 6.46. The number of aryl methyl sites for hydroxylation is 2. The first kappa shape index (κ1) is 14.2. The van der Waals surface area contributed by atoms with Crippen molar-refractivity contribution < 1.29 is 0 Å². The molecule has 0 bridgehead atoms. The van der Waals surface area contributed by atoms with Gasteiger partial charge in [-0.15, -0.1) is 0 Å². The van der Waals surface area contributed by atoms with Gasteiger partial charge in [0, 0.05) is 16.9 Å². The number of nitrogens with zero attached hydrogens (tertiary/aromatic N) is 1. The lowest BCUT2D eigenvalue weighted by molar-refractivity contribution is 0.837. The minimum absolute atomic E-state index is 0.136. The van der Waals surface area contributed by atoms with Crippen molar-refractivity contribution in [2.24, 2.45) is 5.73 Å². The van der Waals surface area contributed by atoms with Crippen LogP contribution in [0.25, 0.3) is 0 Å². The predicted octanol–water partition coefficient (Wildman–Crippen LogP) is 4.13. The van der Waals surface area contributed by atoms with Crippen molar-refractivity contribution in [3.63, 3.8) is 0 Å². The Bertz CT molecular complexity index is 594. The Morgan fingerprint density at radius 2 is 1.58 bits per heavy atom. The van der Waals surface area contributed by atoms with Crippen molar-refractivity contribution in [1.29, 1.82) is 0 Å². The standard InChI is InChI=1S/C16H19BrN2/c1-9-5-10(2)12(4)15(11(9)3)16(18)13-6-14(17)8-19-7-13/h5-8,16H,18H2,1-4H3. The monoisotopic (exact) mass is 318 g/mol. The Hall–Kier alpha value is -1.19. The largest absolute Gasteiger partial charge is 0.320 e. The van der Waals surface area contributed by atoms with E-state index in [0.29, 0.717) is 0 Å². The van der Waals surface area contributed by atoms with Gasteiger partial charge in [0.05, 0.1) is 6.04 Å². The number of halogens is 1. The number of nitrogens with two attached hydrogens (primary N) is 1. The molecule has 2 N–H and O–H groups in total. The molecule has 1 aromatic carbocycles. The maximum Gasteiger partial charge on any atom is 0.0572 e. The van der Waals surface area contributed by atoms with E-state index in [9.17, 15) is 0 Å². The van der Waals surface area contributed by atoms with Crippen LogP contribution >= 0.6 is 15.9 Å². The van der Waals surface area contributed by atoms with E-state index >= 15 is 0 Å². The zero-order valence-electron chi connectivity index (χ0n) is 11.8. The molecule has 3 heteroatoms. The molecule has 2 aromatic rings. The minimum atomic E-state index is -0.136. The van der Waals surface area contributed by atoms with E-state index in [1.165, 1.54) is 27.8 Å². The summed E-state index contributed by atoms with van der Waals surface area (Å²) in [4.78, 5) is 4.21. The highest BCUT2D eigenvalue weighted by molar-refractivity contribution is 9.10. The molecule has 2 rings (SSSR count). The topological polar surface area (TPSA) is 38.9 Å². The third-order valence-corrected chi connectivity index (χ3v) is 4.25. The summed E-state index contributed by atoms with van der Waals surface area (Å²) in [6, 6.07) is 4.12. The Morgan fingerprint density at radius 3 is 2.11 bits per heavy atom. The lowest BCUT2D eigenvalue weighted by Gasteiger charge is -2.21. The van der Waals surface area contributed by atoms with Crippen molar-refractivity contribution in [2.75, 3.05) is 0 Å². The molecule has 0 aliphatic rings. The van der Waals surface area contributed by atoms with Gasteiger partial charge in [0.15, 0.2) is 0 Å². The zero-order chi connectivity index (χ0) is 14.2. The zero-order valence-corrected chi connectivity index (χ0v) is 13.4. The first-order valence-corrected chi connectivity index (χ1v) is 7.14. The Kier molecular flexibility index (Phi) is 4.07. The van der Waals surface area contributed by atoms with Gasteiger partial charge in [-0.25, -0.2) is 0 Å². The summed E-state index contributed by atoms with van der Waals surface area (Å²) >= 11 is 3.45. The lowest BCUT2D eigenvalue weighted by Crippen LogP contribution is -2.16. The normalized spacial score (nSPS) is 12.5. The van der Waals surface area contributed by atoms with E-state index in [2.05, 4.69) is 54.7 Å². The fourth-order valence-corrected chi connectivity index (χ4v) is 2.86. The number of pyridine rings is 1. The average molecular weight is 319 g/mol. The van der Waals surface area contributed by atoms with E-state index in [4.69, 9.17) is 5.73 Å². The molecule has 0 radical (unpaired) electrons. The van der Waals surface area contributed by atoms with Crippen LogP contribution in [-0.2, 0) is 0 Å². The summed E-state index contributed by atoms with van der Waals surface area (Å²) in [6.07, 6.45) is 3.61. The highest BCUT2D eigenvalue weighted by Crippen LogP contribution is 2.30. The van der Waals surface area contributed by atoms with Gasteiger partial charge < -0.3 is 5.73 Å². The molecule has 0 fully saturated rings. The van der Waals surface area contributed by atoms with Gasteiger partial charge in [0.25, 0.3) is 0 Å². The van der Waals surface area contributed by atoms with Gasteiger partial charge >= 0.3 is 0 Å². The number of hydrogen-bond donors (Lipinski definition) is 1. The molecule has 1 atom stereocenters. The predicted molar refractivity (Wildman–Crippen MR) is 83.4 cm³/mol. The van der Waals surface area contributed by atoms with Gasteiger partial charge in [-0.1, -0.05) is 6.07 Å².